The lowest BCUT2D eigenvalue weighted by atomic mass is 10.1. The molecule has 2 N–H and O–H groups in total. The van der Waals surface area contributed by atoms with E-state index < -0.39 is 0 Å². The zero-order valence-corrected chi connectivity index (χ0v) is 12.8. The van der Waals surface area contributed by atoms with Crippen LogP contribution in [-0.4, -0.2) is 22.6 Å². The van der Waals surface area contributed by atoms with Gasteiger partial charge in [0.05, 0.1) is 24.3 Å². The van der Waals surface area contributed by atoms with E-state index in [0.717, 1.165) is 17.9 Å². The first-order valence-corrected chi connectivity index (χ1v) is 7.32. The van der Waals surface area contributed by atoms with Gasteiger partial charge in [0, 0.05) is 24.8 Å². The average molecular weight is 290 g/mol. The summed E-state index contributed by atoms with van der Waals surface area (Å²) in [6, 6.07) is 6.91. The Morgan fingerprint density at radius 2 is 2.14 bits per heavy atom. The Morgan fingerprint density at radius 3 is 2.71 bits per heavy atom. The van der Waals surface area contributed by atoms with E-state index in [1.807, 2.05) is 25.5 Å². The summed E-state index contributed by atoms with van der Waals surface area (Å²) in [7, 11) is 0. The molecule has 1 aromatic carbocycles. The van der Waals surface area contributed by atoms with E-state index in [-0.39, 0.29) is 11.9 Å². The fraction of sp³-hybridized carbons (Fsp3) is 0.438. The van der Waals surface area contributed by atoms with Gasteiger partial charge in [-0.2, -0.15) is 0 Å². The molecule has 4 nitrogen and oxygen atoms in total. The van der Waals surface area contributed by atoms with E-state index in [9.17, 15) is 4.39 Å². The van der Waals surface area contributed by atoms with Crippen molar-refractivity contribution in [3.63, 3.8) is 0 Å². The van der Waals surface area contributed by atoms with Gasteiger partial charge >= 0.3 is 0 Å². The standard InChI is InChI=1S/C16H23FN4/c1-4-20(14-7-5-6-13(17)8-14)15(9-18)16-10-19-11-21(16)12(2)3/h5-8,10-12,15H,4,9,18H2,1-3H3. The molecule has 1 aromatic heterocycles. The van der Waals surface area contributed by atoms with E-state index in [4.69, 9.17) is 5.73 Å². The van der Waals surface area contributed by atoms with Crippen LogP contribution >= 0.6 is 0 Å². The molecule has 1 heterocycles. The van der Waals surface area contributed by atoms with Crippen molar-refractivity contribution >= 4 is 5.69 Å². The third-order valence-electron chi connectivity index (χ3n) is 3.67. The second kappa shape index (κ2) is 6.72. The van der Waals surface area contributed by atoms with Gasteiger partial charge in [-0.05, 0) is 39.0 Å². The minimum absolute atomic E-state index is 0.0262. The first kappa shape index (κ1) is 15.5. The van der Waals surface area contributed by atoms with Crippen molar-refractivity contribution in [1.82, 2.24) is 9.55 Å². The molecule has 1 atom stereocenters. The maximum atomic E-state index is 13.5. The molecule has 5 heteroatoms. The van der Waals surface area contributed by atoms with Crippen LogP contribution in [0.3, 0.4) is 0 Å². The number of nitrogens with two attached hydrogens (primary N) is 1. The lowest BCUT2D eigenvalue weighted by Crippen LogP contribution is -2.35. The van der Waals surface area contributed by atoms with E-state index in [1.165, 1.54) is 6.07 Å². The van der Waals surface area contributed by atoms with Gasteiger partial charge in [-0.25, -0.2) is 9.37 Å². The van der Waals surface area contributed by atoms with Crippen LogP contribution in [0.25, 0.3) is 0 Å². The predicted octanol–water partition coefficient (Wildman–Crippen LogP) is 3.13. The number of hydrogen-bond acceptors (Lipinski definition) is 3. The molecule has 0 saturated carbocycles. The molecule has 21 heavy (non-hydrogen) atoms. The fourth-order valence-electron chi connectivity index (χ4n) is 2.65. The van der Waals surface area contributed by atoms with E-state index in [1.54, 1.807) is 12.1 Å². The Bertz CT molecular complexity index is 579. The van der Waals surface area contributed by atoms with Gasteiger partial charge < -0.3 is 15.2 Å². The van der Waals surface area contributed by atoms with Gasteiger partial charge in [-0.1, -0.05) is 6.07 Å². The topological polar surface area (TPSA) is 47.1 Å². The zero-order valence-electron chi connectivity index (χ0n) is 12.8. The van der Waals surface area contributed by atoms with E-state index in [2.05, 4.69) is 28.3 Å². The normalized spacial score (nSPS) is 12.7. The number of hydrogen-bond donors (Lipinski definition) is 1. The molecule has 0 aliphatic rings. The van der Waals surface area contributed by atoms with Crippen LogP contribution in [0, 0.1) is 5.82 Å². The van der Waals surface area contributed by atoms with Crippen molar-refractivity contribution in [3.8, 4) is 0 Å². The number of rotatable bonds is 6. The second-order valence-electron chi connectivity index (χ2n) is 5.34. The molecular weight excluding hydrogens is 267 g/mol. The van der Waals surface area contributed by atoms with Crippen molar-refractivity contribution in [1.29, 1.82) is 0 Å². The fourth-order valence-corrected chi connectivity index (χ4v) is 2.65. The van der Waals surface area contributed by atoms with Crippen LogP contribution in [0.1, 0.15) is 38.5 Å². The summed E-state index contributed by atoms with van der Waals surface area (Å²) in [5.74, 6) is -0.237. The number of nitrogens with zero attached hydrogens (tertiary/aromatic N) is 3. The summed E-state index contributed by atoms with van der Waals surface area (Å²) in [5.41, 5.74) is 7.90. The number of benzene rings is 1. The molecule has 0 radical (unpaired) electrons. The highest BCUT2D eigenvalue weighted by Crippen LogP contribution is 2.28. The summed E-state index contributed by atoms with van der Waals surface area (Å²) >= 11 is 0. The van der Waals surface area contributed by atoms with Gasteiger partial charge in [-0.3, -0.25) is 0 Å². The van der Waals surface area contributed by atoms with Crippen LogP contribution in [0.5, 0.6) is 0 Å². The predicted molar refractivity (Wildman–Crippen MR) is 83.8 cm³/mol. The minimum atomic E-state index is -0.237. The Balaban J connectivity index is 2.40. The second-order valence-corrected chi connectivity index (χ2v) is 5.34. The van der Waals surface area contributed by atoms with E-state index in [0.29, 0.717) is 12.6 Å². The van der Waals surface area contributed by atoms with Crippen molar-refractivity contribution in [2.45, 2.75) is 32.9 Å². The first-order valence-electron chi connectivity index (χ1n) is 7.32. The number of imidazole rings is 1. The van der Waals surface area contributed by atoms with Gasteiger partial charge in [-0.15, -0.1) is 0 Å². The van der Waals surface area contributed by atoms with Crippen molar-refractivity contribution in [2.75, 3.05) is 18.0 Å². The highest BCUT2D eigenvalue weighted by atomic mass is 19.1. The summed E-state index contributed by atoms with van der Waals surface area (Å²) in [5, 5.41) is 0. The van der Waals surface area contributed by atoms with Gasteiger partial charge in [0.1, 0.15) is 5.82 Å². The molecule has 2 rings (SSSR count). The van der Waals surface area contributed by atoms with Crippen LogP contribution in [0.2, 0.25) is 0 Å². The maximum absolute atomic E-state index is 13.5. The molecule has 2 aromatic rings. The quantitative estimate of drug-likeness (QED) is 0.889. The summed E-state index contributed by atoms with van der Waals surface area (Å²) in [6.45, 7) is 7.45. The Morgan fingerprint density at radius 1 is 1.38 bits per heavy atom. The smallest absolute Gasteiger partial charge is 0.125 e. The van der Waals surface area contributed by atoms with Crippen molar-refractivity contribution < 1.29 is 4.39 Å². The summed E-state index contributed by atoms with van der Waals surface area (Å²) in [6.07, 6.45) is 3.67. The highest BCUT2D eigenvalue weighted by molar-refractivity contribution is 5.48. The average Bonchev–Trinajstić information content (AvgIpc) is 2.93. The third-order valence-corrected chi connectivity index (χ3v) is 3.67. The number of likely N-dealkylation sites (N-methyl/N-ethyl adjacent to an activating group) is 1. The molecule has 0 fully saturated rings. The third kappa shape index (κ3) is 3.24. The largest absolute Gasteiger partial charge is 0.362 e. The van der Waals surface area contributed by atoms with Crippen LogP contribution in [-0.2, 0) is 0 Å². The van der Waals surface area contributed by atoms with Crippen molar-refractivity contribution in [3.05, 3.63) is 48.3 Å². The molecule has 0 saturated heterocycles. The Kier molecular flexibility index (Phi) is 4.96. The highest BCUT2D eigenvalue weighted by Gasteiger charge is 2.22. The SMILES string of the molecule is CCN(c1cccc(F)c1)C(CN)c1cncn1C(C)C. The number of anilines is 1. The molecule has 0 bridgehead atoms. The first-order chi connectivity index (χ1) is 10.1. The lowest BCUT2D eigenvalue weighted by Gasteiger charge is -2.33. The molecular formula is C16H23FN4. The van der Waals surface area contributed by atoms with E-state index >= 15 is 0 Å². The Hall–Kier alpha value is -1.88. The van der Waals surface area contributed by atoms with Crippen molar-refractivity contribution in [2.24, 2.45) is 5.73 Å². The maximum Gasteiger partial charge on any atom is 0.125 e. The van der Waals surface area contributed by atoms with Crippen LogP contribution in [0.4, 0.5) is 10.1 Å². The molecule has 1 unspecified atom stereocenters. The summed E-state index contributed by atoms with van der Waals surface area (Å²) < 4.78 is 15.6. The number of halogens is 1. The molecule has 114 valence electrons. The number of aromatic nitrogens is 2. The molecule has 0 spiro atoms. The molecule has 0 amide bonds. The van der Waals surface area contributed by atoms with Gasteiger partial charge in [0.15, 0.2) is 0 Å². The van der Waals surface area contributed by atoms with Gasteiger partial charge in [0.25, 0.3) is 0 Å². The molecule has 0 aliphatic heterocycles. The monoisotopic (exact) mass is 290 g/mol. The van der Waals surface area contributed by atoms with Crippen LogP contribution < -0.4 is 10.6 Å². The summed E-state index contributed by atoms with van der Waals surface area (Å²) in [4.78, 5) is 6.36. The molecule has 0 aliphatic carbocycles. The minimum Gasteiger partial charge on any atom is -0.362 e. The Labute approximate surface area is 125 Å². The lowest BCUT2D eigenvalue weighted by molar-refractivity contribution is 0.524. The zero-order chi connectivity index (χ0) is 15.4. The van der Waals surface area contributed by atoms with Gasteiger partial charge in [0.2, 0.25) is 0 Å². The van der Waals surface area contributed by atoms with Crippen LogP contribution in [0.15, 0.2) is 36.8 Å².